The molecule has 4 aromatic rings. The monoisotopic (exact) mass is 402 g/mol. The first-order valence-corrected chi connectivity index (χ1v) is 9.89. The van der Waals surface area contributed by atoms with Crippen molar-refractivity contribution in [2.75, 3.05) is 7.11 Å². The van der Waals surface area contributed by atoms with Gasteiger partial charge in [0.1, 0.15) is 5.92 Å². The molecule has 0 aliphatic rings. The highest BCUT2D eigenvalue weighted by molar-refractivity contribution is 7.10. The van der Waals surface area contributed by atoms with Gasteiger partial charge in [0, 0.05) is 21.4 Å². The number of hydrogen-bond donors (Lipinski definition) is 1. The fraction of sp³-hybridized carbons (Fsp3) is 0.0870. The first-order valence-electron chi connectivity index (χ1n) is 9.01. The van der Waals surface area contributed by atoms with E-state index in [1.807, 2.05) is 66.0 Å². The van der Waals surface area contributed by atoms with E-state index in [1.54, 1.807) is 6.07 Å². The third-order valence-corrected chi connectivity index (χ3v) is 5.71. The van der Waals surface area contributed by atoms with Crippen LogP contribution in [-0.2, 0) is 9.53 Å². The summed E-state index contributed by atoms with van der Waals surface area (Å²) in [5.74, 6) is -1.89. The number of hydrogen-bond acceptors (Lipinski definition) is 5. The van der Waals surface area contributed by atoms with Gasteiger partial charge < -0.3 is 10.5 Å². The lowest BCUT2D eigenvalue weighted by Crippen LogP contribution is -2.23. The number of aromatic nitrogens is 1. The van der Waals surface area contributed by atoms with Gasteiger partial charge >= 0.3 is 5.97 Å². The molecule has 4 rings (SSSR count). The fourth-order valence-electron chi connectivity index (χ4n) is 3.54. The summed E-state index contributed by atoms with van der Waals surface area (Å²) in [5.41, 5.74) is 8.58. The van der Waals surface area contributed by atoms with Gasteiger partial charge in [-0.25, -0.2) is 4.98 Å². The molecule has 0 saturated heterocycles. The van der Waals surface area contributed by atoms with Crippen molar-refractivity contribution in [1.82, 2.24) is 4.98 Å². The van der Waals surface area contributed by atoms with E-state index in [0.29, 0.717) is 27.7 Å². The van der Waals surface area contributed by atoms with Gasteiger partial charge in [0.05, 0.1) is 23.9 Å². The lowest BCUT2D eigenvalue weighted by Gasteiger charge is -2.21. The predicted octanol–water partition coefficient (Wildman–Crippen LogP) is 4.37. The second-order valence-electron chi connectivity index (χ2n) is 6.47. The van der Waals surface area contributed by atoms with Gasteiger partial charge in [0.15, 0.2) is 0 Å². The van der Waals surface area contributed by atoms with E-state index < -0.39 is 17.8 Å². The molecule has 0 aliphatic heterocycles. The number of primary amides is 1. The molecule has 2 N–H and O–H groups in total. The Hall–Kier alpha value is -3.51. The molecule has 0 bridgehead atoms. The van der Waals surface area contributed by atoms with Gasteiger partial charge in [-0.15, -0.1) is 11.3 Å². The van der Waals surface area contributed by atoms with Crippen LogP contribution < -0.4 is 5.73 Å². The first kappa shape index (κ1) is 18.8. The molecular formula is C23H18N2O3S. The lowest BCUT2D eigenvalue weighted by atomic mass is 9.86. The number of pyridine rings is 1. The number of carbonyl (C=O) groups excluding carboxylic acids is 2. The maximum absolute atomic E-state index is 12.9. The molecule has 1 amide bonds. The molecule has 0 aliphatic carbocycles. The summed E-state index contributed by atoms with van der Waals surface area (Å²) in [6.45, 7) is 0. The van der Waals surface area contributed by atoms with E-state index in [1.165, 1.54) is 18.4 Å². The molecule has 0 fully saturated rings. The van der Waals surface area contributed by atoms with Crippen molar-refractivity contribution < 1.29 is 14.3 Å². The number of nitrogens with zero attached hydrogens (tertiary/aromatic N) is 1. The number of benzene rings is 2. The second-order valence-corrected chi connectivity index (χ2v) is 7.45. The Bertz CT molecular complexity index is 1190. The van der Waals surface area contributed by atoms with Crippen LogP contribution in [0.5, 0.6) is 0 Å². The van der Waals surface area contributed by atoms with Crippen molar-refractivity contribution >= 4 is 34.1 Å². The Morgan fingerprint density at radius 1 is 1.00 bits per heavy atom. The number of rotatable bonds is 5. The Labute approximate surface area is 171 Å². The van der Waals surface area contributed by atoms with Crippen LogP contribution in [0.25, 0.3) is 22.2 Å². The van der Waals surface area contributed by atoms with Crippen molar-refractivity contribution in [2.24, 2.45) is 5.73 Å². The van der Waals surface area contributed by atoms with Gasteiger partial charge in [0.25, 0.3) is 0 Å². The number of esters is 1. The zero-order valence-electron chi connectivity index (χ0n) is 15.7. The van der Waals surface area contributed by atoms with Crippen molar-refractivity contribution in [1.29, 1.82) is 0 Å². The minimum absolute atomic E-state index is 0.290. The van der Waals surface area contributed by atoms with Crippen LogP contribution >= 0.6 is 11.3 Å². The predicted molar refractivity (Wildman–Crippen MR) is 114 cm³/mol. The number of methoxy groups -OCH3 is 1. The largest absolute Gasteiger partial charge is 0.468 e. The normalized spacial score (nSPS) is 11.9. The highest BCUT2D eigenvalue weighted by Crippen LogP contribution is 2.40. The summed E-state index contributed by atoms with van der Waals surface area (Å²) >= 11 is 1.42. The van der Waals surface area contributed by atoms with Crippen LogP contribution in [-0.4, -0.2) is 24.0 Å². The molecule has 2 aromatic heterocycles. The van der Waals surface area contributed by atoms with Crippen molar-refractivity contribution in [3.63, 3.8) is 0 Å². The molecule has 144 valence electrons. The SMILES string of the molecule is COC(=O)C(c1cccs1)c1c(-c2ccccc2)nc2ccccc2c1C(N)=O. The average molecular weight is 402 g/mol. The summed E-state index contributed by atoms with van der Waals surface area (Å²) < 4.78 is 5.12. The summed E-state index contributed by atoms with van der Waals surface area (Å²) in [5, 5.41) is 2.49. The Morgan fingerprint density at radius 3 is 2.38 bits per heavy atom. The van der Waals surface area contributed by atoms with Gasteiger partial charge in [-0.05, 0) is 17.5 Å². The van der Waals surface area contributed by atoms with Crippen molar-refractivity contribution in [3.8, 4) is 11.3 Å². The molecule has 0 spiro atoms. The molecular weight excluding hydrogens is 384 g/mol. The first-order chi connectivity index (χ1) is 14.1. The zero-order chi connectivity index (χ0) is 20.4. The summed E-state index contributed by atoms with van der Waals surface area (Å²) in [6.07, 6.45) is 0. The number of para-hydroxylation sites is 1. The van der Waals surface area contributed by atoms with Crippen LogP contribution in [0.4, 0.5) is 0 Å². The highest BCUT2D eigenvalue weighted by Gasteiger charge is 2.33. The molecule has 0 saturated carbocycles. The van der Waals surface area contributed by atoms with Crippen LogP contribution in [0.2, 0.25) is 0 Å². The molecule has 2 heterocycles. The summed E-state index contributed by atoms with van der Waals surface area (Å²) in [4.78, 5) is 31.1. The maximum atomic E-state index is 12.9. The highest BCUT2D eigenvalue weighted by atomic mass is 32.1. The average Bonchev–Trinajstić information content (AvgIpc) is 3.27. The molecule has 0 radical (unpaired) electrons. The number of thiophene rings is 1. The van der Waals surface area contributed by atoms with Crippen LogP contribution in [0.1, 0.15) is 26.7 Å². The minimum Gasteiger partial charge on any atom is -0.468 e. The number of ether oxygens (including phenoxy) is 1. The second kappa shape index (κ2) is 7.85. The number of nitrogens with two attached hydrogens (primary N) is 1. The number of carbonyl (C=O) groups is 2. The van der Waals surface area contributed by atoms with Crippen molar-refractivity contribution in [2.45, 2.75) is 5.92 Å². The van der Waals surface area contributed by atoms with Gasteiger partial charge in [-0.1, -0.05) is 54.6 Å². The third kappa shape index (κ3) is 3.39. The van der Waals surface area contributed by atoms with Crippen molar-refractivity contribution in [3.05, 3.63) is 88.1 Å². The van der Waals surface area contributed by atoms with Gasteiger partial charge in [0.2, 0.25) is 5.91 Å². The van der Waals surface area contributed by atoms with Crippen LogP contribution in [0.15, 0.2) is 72.1 Å². The Kier molecular flexibility index (Phi) is 5.10. The van der Waals surface area contributed by atoms with E-state index in [4.69, 9.17) is 15.5 Å². The van der Waals surface area contributed by atoms with Gasteiger partial charge in [-0.3, -0.25) is 9.59 Å². The van der Waals surface area contributed by atoms with Crippen LogP contribution in [0.3, 0.4) is 0 Å². The van der Waals surface area contributed by atoms with E-state index in [-0.39, 0.29) is 0 Å². The Balaban J connectivity index is 2.16. The zero-order valence-corrected chi connectivity index (χ0v) is 16.5. The molecule has 5 nitrogen and oxygen atoms in total. The number of fused-ring (bicyclic) bond motifs is 1. The van der Waals surface area contributed by atoms with E-state index in [2.05, 4.69) is 0 Å². The topological polar surface area (TPSA) is 82.3 Å². The Morgan fingerprint density at radius 2 is 1.72 bits per heavy atom. The van der Waals surface area contributed by atoms with E-state index in [0.717, 1.165) is 10.4 Å². The van der Waals surface area contributed by atoms with E-state index >= 15 is 0 Å². The fourth-order valence-corrected chi connectivity index (χ4v) is 4.36. The molecule has 6 heteroatoms. The summed E-state index contributed by atoms with van der Waals surface area (Å²) in [6, 6.07) is 20.5. The molecule has 1 atom stereocenters. The molecule has 29 heavy (non-hydrogen) atoms. The lowest BCUT2D eigenvalue weighted by molar-refractivity contribution is -0.141. The standard InChI is InChI=1S/C23H18N2O3S/c1-28-23(27)19(17-12-7-13-29-17)20-18(22(24)26)15-10-5-6-11-16(15)25-21(20)14-8-3-2-4-9-14/h2-13,19H,1H3,(H2,24,26). The quantitative estimate of drug-likeness (QED) is 0.503. The van der Waals surface area contributed by atoms with Gasteiger partial charge in [-0.2, -0.15) is 0 Å². The maximum Gasteiger partial charge on any atom is 0.318 e. The smallest absolute Gasteiger partial charge is 0.318 e. The molecule has 1 unspecified atom stereocenters. The minimum atomic E-state index is -0.810. The number of amides is 1. The summed E-state index contributed by atoms with van der Waals surface area (Å²) in [7, 11) is 1.34. The third-order valence-electron chi connectivity index (χ3n) is 4.78. The van der Waals surface area contributed by atoms with E-state index in [9.17, 15) is 9.59 Å². The van der Waals surface area contributed by atoms with Crippen LogP contribution in [0, 0.1) is 0 Å². The molecule has 2 aromatic carbocycles.